The third-order valence-corrected chi connectivity index (χ3v) is 3.56. The zero-order valence-corrected chi connectivity index (χ0v) is 13.3. The Labute approximate surface area is 131 Å². The Hall–Kier alpha value is -1.88. The van der Waals surface area contributed by atoms with Crippen LogP contribution in [0.2, 0.25) is 0 Å². The van der Waals surface area contributed by atoms with Crippen LogP contribution in [0.4, 0.5) is 4.39 Å². The lowest BCUT2D eigenvalue weighted by Crippen LogP contribution is -2.04. The van der Waals surface area contributed by atoms with Gasteiger partial charge in [0.1, 0.15) is 18.2 Å². The minimum Gasteiger partial charge on any atom is -0.488 e. The number of benzene rings is 2. The summed E-state index contributed by atoms with van der Waals surface area (Å²) in [6.45, 7) is 3.71. The predicted octanol–water partition coefficient (Wildman–Crippen LogP) is 4.67. The van der Waals surface area contributed by atoms with Crippen molar-refractivity contribution < 1.29 is 14.3 Å². The lowest BCUT2D eigenvalue weighted by molar-refractivity contribution is 0.297. The molecule has 2 aromatic rings. The summed E-state index contributed by atoms with van der Waals surface area (Å²) in [6, 6.07) is 10.3. The summed E-state index contributed by atoms with van der Waals surface area (Å²) in [5, 5.41) is 12.1. The van der Waals surface area contributed by atoms with Crippen LogP contribution in [0, 0.1) is 12.7 Å². The molecule has 5 heteroatoms. The Morgan fingerprint density at radius 1 is 1.29 bits per heavy atom. The van der Waals surface area contributed by atoms with Crippen LogP contribution in [-0.4, -0.2) is 10.9 Å². The van der Waals surface area contributed by atoms with Gasteiger partial charge >= 0.3 is 0 Å². The maximum absolute atomic E-state index is 13.7. The Balaban J connectivity index is 2.27. The van der Waals surface area contributed by atoms with Crippen molar-refractivity contribution in [3.8, 4) is 5.75 Å². The Bertz CT molecular complexity index is 686. The molecule has 0 aliphatic heterocycles. The first kappa shape index (κ1) is 15.5. The van der Waals surface area contributed by atoms with Gasteiger partial charge in [-0.25, -0.2) is 4.39 Å². The number of nitrogens with zero attached hydrogens (tertiary/aromatic N) is 1. The lowest BCUT2D eigenvalue weighted by Gasteiger charge is -2.12. The van der Waals surface area contributed by atoms with E-state index in [-0.39, 0.29) is 12.4 Å². The molecule has 0 aliphatic carbocycles. The van der Waals surface area contributed by atoms with Crippen molar-refractivity contribution in [2.24, 2.45) is 5.16 Å². The Kier molecular flexibility index (Phi) is 4.96. The van der Waals surface area contributed by atoms with Crippen LogP contribution in [0.1, 0.15) is 23.6 Å². The molecule has 0 atom stereocenters. The molecule has 0 saturated carbocycles. The highest BCUT2D eigenvalue weighted by Gasteiger charge is 2.10. The highest BCUT2D eigenvalue weighted by Crippen LogP contribution is 2.24. The number of ether oxygens (including phenoxy) is 1. The van der Waals surface area contributed by atoms with Gasteiger partial charge in [-0.3, -0.25) is 0 Å². The first-order valence-electron chi connectivity index (χ1n) is 6.37. The number of halogens is 2. The molecule has 0 unspecified atom stereocenters. The summed E-state index contributed by atoms with van der Waals surface area (Å²) >= 11 is 3.31. The highest BCUT2D eigenvalue weighted by atomic mass is 79.9. The Morgan fingerprint density at radius 3 is 2.76 bits per heavy atom. The van der Waals surface area contributed by atoms with Crippen LogP contribution >= 0.6 is 15.9 Å². The van der Waals surface area contributed by atoms with Gasteiger partial charge in [0.2, 0.25) is 0 Å². The zero-order chi connectivity index (χ0) is 15.4. The van der Waals surface area contributed by atoms with E-state index in [1.54, 1.807) is 19.1 Å². The van der Waals surface area contributed by atoms with Gasteiger partial charge < -0.3 is 9.94 Å². The quantitative estimate of drug-likeness (QED) is 0.493. The number of hydrogen-bond donors (Lipinski definition) is 1. The fourth-order valence-electron chi connectivity index (χ4n) is 1.91. The van der Waals surface area contributed by atoms with Crippen molar-refractivity contribution in [2.75, 3.05) is 0 Å². The highest BCUT2D eigenvalue weighted by molar-refractivity contribution is 9.10. The molecule has 1 N–H and O–H groups in total. The number of oxime groups is 1. The van der Waals surface area contributed by atoms with Gasteiger partial charge in [-0.05, 0) is 49.7 Å². The van der Waals surface area contributed by atoms with Crippen molar-refractivity contribution in [1.29, 1.82) is 0 Å². The minimum atomic E-state index is -0.319. The van der Waals surface area contributed by atoms with E-state index < -0.39 is 0 Å². The summed E-state index contributed by atoms with van der Waals surface area (Å²) in [4.78, 5) is 0. The normalized spacial score (nSPS) is 11.5. The molecule has 2 aromatic carbocycles. The molecule has 21 heavy (non-hydrogen) atoms. The third-order valence-electron chi connectivity index (χ3n) is 3.07. The number of rotatable bonds is 4. The summed E-state index contributed by atoms with van der Waals surface area (Å²) in [5.74, 6) is 0.240. The third kappa shape index (κ3) is 3.82. The second-order valence-electron chi connectivity index (χ2n) is 4.71. The van der Waals surface area contributed by atoms with E-state index in [1.165, 1.54) is 6.07 Å². The van der Waals surface area contributed by atoms with E-state index in [2.05, 4.69) is 21.1 Å². The largest absolute Gasteiger partial charge is 0.488 e. The number of aryl methyl sites for hydroxylation is 1. The van der Waals surface area contributed by atoms with Crippen molar-refractivity contribution in [2.45, 2.75) is 20.5 Å². The fourth-order valence-corrected chi connectivity index (χ4v) is 2.32. The average molecular weight is 352 g/mol. The van der Waals surface area contributed by atoms with Gasteiger partial charge in [0.05, 0.1) is 5.71 Å². The maximum atomic E-state index is 13.7. The molecule has 0 amide bonds. The maximum Gasteiger partial charge on any atom is 0.129 e. The predicted molar refractivity (Wildman–Crippen MR) is 83.6 cm³/mol. The lowest BCUT2D eigenvalue weighted by atomic mass is 10.1. The molecular weight excluding hydrogens is 337 g/mol. The van der Waals surface area contributed by atoms with Crippen molar-refractivity contribution in [3.05, 3.63) is 63.4 Å². The SMILES string of the molecule is CC(=NO)c1ccc(C)cc1OCc1cc(Br)ccc1F. The van der Waals surface area contributed by atoms with Gasteiger partial charge in [0.15, 0.2) is 0 Å². The standard InChI is InChI=1S/C16H15BrFNO2/c1-10-3-5-14(11(2)19-20)16(7-10)21-9-12-8-13(17)4-6-15(12)18/h3-8,20H,9H2,1-2H3. The summed E-state index contributed by atoms with van der Waals surface area (Å²) in [7, 11) is 0. The molecule has 0 fully saturated rings. The topological polar surface area (TPSA) is 41.8 Å². The molecule has 0 saturated heterocycles. The van der Waals surface area contributed by atoms with Crippen LogP contribution in [-0.2, 0) is 6.61 Å². The van der Waals surface area contributed by atoms with E-state index in [1.807, 2.05) is 25.1 Å². The molecule has 2 rings (SSSR count). The van der Waals surface area contributed by atoms with E-state index >= 15 is 0 Å². The van der Waals surface area contributed by atoms with Crippen LogP contribution in [0.15, 0.2) is 46.0 Å². The van der Waals surface area contributed by atoms with E-state index in [9.17, 15) is 4.39 Å². The molecule has 0 bridgehead atoms. The smallest absolute Gasteiger partial charge is 0.129 e. The molecule has 0 aromatic heterocycles. The molecule has 0 aliphatic rings. The van der Waals surface area contributed by atoms with Gasteiger partial charge in [0.25, 0.3) is 0 Å². The van der Waals surface area contributed by atoms with Crippen LogP contribution in [0.5, 0.6) is 5.75 Å². The van der Waals surface area contributed by atoms with Gasteiger partial charge in [0, 0.05) is 15.6 Å². The monoisotopic (exact) mass is 351 g/mol. The van der Waals surface area contributed by atoms with Gasteiger partial charge in [-0.2, -0.15) is 0 Å². The fraction of sp³-hybridized carbons (Fsp3) is 0.188. The summed E-state index contributed by atoms with van der Waals surface area (Å²) < 4.78 is 20.2. The summed E-state index contributed by atoms with van der Waals surface area (Å²) in [6.07, 6.45) is 0. The molecule has 0 spiro atoms. The Morgan fingerprint density at radius 2 is 2.05 bits per heavy atom. The van der Waals surface area contributed by atoms with Crippen molar-refractivity contribution in [3.63, 3.8) is 0 Å². The zero-order valence-electron chi connectivity index (χ0n) is 11.7. The molecule has 0 radical (unpaired) electrons. The average Bonchev–Trinajstić information content (AvgIpc) is 2.47. The number of hydrogen-bond acceptors (Lipinski definition) is 3. The molecule has 110 valence electrons. The van der Waals surface area contributed by atoms with Crippen LogP contribution < -0.4 is 4.74 Å². The molecular formula is C16H15BrFNO2. The van der Waals surface area contributed by atoms with Crippen LogP contribution in [0.3, 0.4) is 0 Å². The van der Waals surface area contributed by atoms with E-state index in [4.69, 9.17) is 9.94 Å². The molecule has 3 nitrogen and oxygen atoms in total. The van der Waals surface area contributed by atoms with Gasteiger partial charge in [-0.1, -0.05) is 27.2 Å². The first-order valence-corrected chi connectivity index (χ1v) is 7.17. The van der Waals surface area contributed by atoms with E-state index in [0.29, 0.717) is 22.6 Å². The second kappa shape index (κ2) is 6.72. The minimum absolute atomic E-state index is 0.0977. The summed E-state index contributed by atoms with van der Waals surface area (Å²) in [5.41, 5.74) is 2.59. The van der Waals surface area contributed by atoms with Crippen molar-refractivity contribution >= 4 is 21.6 Å². The molecule has 0 heterocycles. The second-order valence-corrected chi connectivity index (χ2v) is 5.63. The van der Waals surface area contributed by atoms with Gasteiger partial charge in [-0.15, -0.1) is 0 Å². The van der Waals surface area contributed by atoms with Crippen molar-refractivity contribution in [1.82, 2.24) is 0 Å². The van der Waals surface area contributed by atoms with E-state index in [0.717, 1.165) is 10.0 Å². The van der Waals surface area contributed by atoms with Crippen LogP contribution in [0.25, 0.3) is 0 Å². The first-order chi connectivity index (χ1) is 10.0.